The molecule has 0 atom stereocenters. The Morgan fingerprint density at radius 2 is 1.81 bits per heavy atom. The molecule has 0 aliphatic rings. The summed E-state index contributed by atoms with van der Waals surface area (Å²) in [6.07, 6.45) is 1.73. The molecule has 0 bridgehead atoms. The fourth-order valence-electron chi connectivity index (χ4n) is 3.12. The second kappa shape index (κ2) is 6.98. The third-order valence-electron chi connectivity index (χ3n) is 4.30. The molecule has 4 nitrogen and oxygen atoms in total. The number of rotatable bonds is 4. The van der Waals surface area contributed by atoms with Crippen LogP contribution < -0.4 is 5.43 Å². The van der Waals surface area contributed by atoms with Gasteiger partial charge in [0.25, 0.3) is 5.91 Å². The van der Waals surface area contributed by atoms with E-state index < -0.39 is 0 Å². The van der Waals surface area contributed by atoms with Gasteiger partial charge in [0.1, 0.15) is 0 Å². The van der Waals surface area contributed by atoms with Crippen LogP contribution in [0.5, 0.6) is 0 Å². The second-order valence-electron chi connectivity index (χ2n) is 5.88. The second-order valence-corrected chi connectivity index (χ2v) is 6.83. The van der Waals surface area contributed by atoms with Crippen molar-refractivity contribution in [3.05, 3.63) is 82.6 Å². The summed E-state index contributed by atoms with van der Waals surface area (Å²) in [5.74, 6) is -0.197. The molecule has 0 fully saturated rings. The van der Waals surface area contributed by atoms with Gasteiger partial charge in [0.2, 0.25) is 0 Å². The molecule has 5 heteroatoms. The molecule has 26 heavy (non-hydrogen) atoms. The number of thiophene rings is 1. The van der Waals surface area contributed by atoms with Crippen LogP contribution in [0.25, 0.3) is 22.2 Å². The number of fused-ring (bicyclic) bond motifs is 1. The van der Waals surface area contributed by atoms with Gasteiger partial charge in [0.15, 0.2) is 0 Å². The molecule has 1 amide bonds. The van der Waals surface area contributed by atoms with Gasteiger partial charge in [-0.25, -0.2) is 5.43 Å². The Hall–Kier alpha value is -3.18. The summed E-state index contributed by atoms with van der Waals surface area (Å²) in [4.78, 5) is 12.7. The minimum Gasteiger partial charge on any atom is -0.343 e. The molecule has 4 aromatic rings. The van der Waals surface area contributed by atoms with Gasteiger partial charge in [-0.1, -0.05) is 54.6 Å². The van der Waals surface area contributed by atoms with Crippen molar-refractivity contribution < 1.29 is 4.79 Å². The average molecular weight is 359 g/mol. The van der Waals surface area contributed by atoms with Gasteiger partial charge in [-0.05, 0) is 23.1 Å². The first kappa shape index (κ1) is 16.3. The number of hydrazone groups is 1. The summed E-state index contributed by atoms with van der Waals surface area (Å²) in [6, 6.07) is 22.0. The summed E-state index contributed by atoms with van der Waals surface area (Å²) in [5, 5.41) is 7.19. The molecule has 0 aliphatic carbocycles. The molecule has 0 saturated carbocycles. The Bertz CT molecular complexity index is 1080. The predicted molar refractivity (Wildman–Crippen MR) is 108 cm³/mol. The number of para-hydroxylation sites is 1. The number of benzene rings is 2. The van der Waals surface area contributed by atoms with E-state index in [0.29, 0.717) is 4.88 Å². The maximum Gasteiger partial charge on any atom is 0.281 e. The van der Waals surface area contributed by atoms with Crippen LogP contribution in [0.15, 0.2) is 77.2 Å². The highest BCUT2D eigenvalue weighted by molar-refractivity contribution is 7.12. The molecule has 2 aromatic carbocycles. The molecule has 0 saturated heterocycles. The van der Waals surface area contributed by atoms with E-state index in [2.05, 4.69) is 39.4 Å². The van der Waals surface area contributed by atoms with Gasteiger partial charge in [0, 0.05) is 23.5 Å². The highest BCUT2D eigenvalue weighted by Gasteiger charge is 2.15. The van der Waals surface area contributed by atoms with Gasteiger partial charge in [-0.15, -0.1) is 11.3 Å². The van der Waals surface area contributed by atoms with Crippen molar-refractivity contribution in [2.24, 2.45) is 12.1 Å². The summed E-state index contributed by atoms with van der Waals surface area (Å²) >= 11 is 1.39. The number of hydrogen-bond acceptors (Lipinski definition) is 3. The highest BCUT2D eigenvalue weighted by Crippen LogP contribution is 2.31. The quantitative estimate of drug-likeness (QED) is 0.418. The van der Waals surface area contributed by atoms with Crippen LogP contribution in [-0.4, -0.2) is 16.7 Å². The van der Waals surface area contributed by atoms with Crippen molar-refractivity contribution >= 4 is 34.4 Å². The minimum absolute atomic E-state index is 0.197. The van der Waals surface area contributed by atoms with Crippen molar-refractivity contribution in [3.63, 3.8) is 0 Å². The maximum atomic E-state index is 12.1. The number of aromatic nitrogens is 1. The number of carbonyl (C=O) groups excluding carboxylic acids is 1. The third-order valence-corrected chi connectivity index (χ3v) is 5.17. The molecule has 0 spiro atoms. The van der Waals surface area contributed by atoms with Gasteiger partial charge in [0.05, 0.1) is 16.8 Å². The van der Waals surface area contributed by atoms with Crippen LogP contribution in [0.4, 0.5) is 0 Å². The Morgan fingerprint density at radius 1 is 1.04 bits per heavy atom. The Kier molecular flexibility index (Phi) is 4.37. The number of nitrogens with zero attached hydrogens (tertiary/aromatic N) is 2. The predicted octanol–water partition coefficient (Wildman–Crippen LogP) is 4.67. The zero-order chi connectivity index (χ0) is 17.9. The maximum absolute atomic E-state index is 12.1. The first-order valence-electron chi connectivity index (χ1n) is 8.25. The molecular formula is C21H17N3OS. The SMILES string of the molecule is Cn1c(-c2ccccc2)c(/C=N\NC(=O)c2cccs2)c2ccccc21. The molecule has 4 rings (SSSR count). The zero-order valence-electron chi connectivity index (χ0n) is 14.2. The fraction of sp³-hybridized carbons (Fsp3) is 0.0476. The van der Waals surface area contributed by atoms with Gasteiger partial charge in [-0.3, -0.25) is 4.79 Å². The van der Waals surface area contributed by atoms with E-state index in [1.54, 1.807) is 12.3 Å². The number of nitrogens with one attached hydrogen (secondary N) is 1. The number of aryl methyl sites for hydroxylation is 1. The average Bonchev–Trinajstić information content (AvgIpc) is 3.30. The van der Waals surface area contributed by atoms with Crippen molar-refractivity contribution in [2.45, 2.75) is 0 Å². The van der Waals surface area contributed by atoms with E-state index in [-0.39, 0.29) is 5.91 Å². The third kappa shape index (κ3) is 2.93. The lowest BCUT2D eigenvalue weighted by atomic mass is 10.1. The molecule has 0 aliphatic heterocycles. The van der Waals surface area contributed by atoms with Crippen LogP contribution in [0.3, 0.4) is 0 Å². The fourth-order valence-corrected chi connectivity index (χ4v) is 3.73. The van der Waals surface area contributed by atoms with Crippen molar-refractivity contribution in [2.75, 3.05) is 0 Å². The van der Waals surface area contributed by atoms with Crippen LogP contribution in [-0.2, 0) is 7.05 Å². The van der Waals surface area contributed by atoms with Crippen molar-refractivity contribution in [3.8, 4) is 11.3 Å². The lowest BCUT2D eigenvalue weighted by Gasteiger charge is -2.06. The van der Waals surface area contributed by atoms with Crippen LogP contribution >= 0.6 is 11.3 Å². The Balaban J connectivity index is 1.76. The smallest absolute Gasteiger partial charge is 0.281 e. The normalized spacial score (nSPS) is 11.3. The number of carbonyl (C=O) groups is 1. The van der Waals surface area contributed by atoms with Crippen molar-refractivity contribution in [1.29, 1.82) is 0 Å². The van der Waals surface area contributed by atoms with E-state index in [4.69, 9.17) is 0 Å². The lowest BCUT2D eigenvalue weighted by molar-refractivity contribution is 0.0959. The minimum atomic E-state index is -0.197. The van der Waals surface area contributed by atoms with E-state index in [0.717, 1.165) is 27.7 Å². The van der Waals surface area contributed by atoms with Gasteiger partial charge >= 0.3 is 0 Å². The van der Waals surface area contributed by atoms with E-state index >= 15 is 0 Å². The molecule has 128 valence electrons. The standard InChI is InChI=1S/C21H17N3OS/c1-24-18-11-6-5-10-16(18)17(20(24)15-8-3-2-4-9-15)14-22-23-21(25)19-12-7-13-26-19/h2-14H,1H3,(H,23,25)/b22-14-. The van der Waals surface area contributed by atoms with E-state index in [9.17, 15) is 4.79 Å². The van der Waals surface area contributed by atoms with Crippen molar-refractivity contribution in [1.82, 2.24) is 9.99 Å². The summed E-state index contributed by atoms with van der Waals surface area (Å²) in [7, 11) is 2.05. The van der Waals surface area contributed by atoms with E-state index in [1.165, 1.54) is 11.3 Å². The Morgan fingerprint density at radius 3 is 2.58 bits per heavy atom. The monoisotopic (exact) mass is 359 g/mol. The summed E-state index contributed by atoms with van der Waals surface area (Å²) < 4.78 is 2.16. The zero-order valence-corrected chi connectivity index (χ0v) is 15.0. The lowest BCUT2D eigenvalue weighted by Crippen LogP contribution is -2.16. The molecule has 2 heterocycles. The molecular weight excluding hydrogens is 342 g/mol. The molecule has 0 radical (unpaired) electrons. The first-order valence-corrected chi connectivity index (χ1v) is 9.13. The van der Waals surface area contributed by atoms with Gasteiger partial charge in [-0.2, -0.15) is 5.10 Å². The van der Waals surface area contributed by atoms with E-state index in [1.807, 2.05) is 48.8 Å². The summed E-state index contributed by atoms with van der Waals surface area (Å²) in [6.45, 7) is 0. The Labute approximate surface area is 155 Å². The van der Waals surface area contributed by atoms with Crippen LogP contribution in [0.1, 0.15) is 15.2 Å². The topological polar surface area (TPSA) is 46.4 Å². The molecule has 1 N–H and O–H groups in total. The van der Waals surface area contributed by atoms with Crippen LogP contribution in [0.2, 0.25) is 0 Å². The number of hydrogen-bond donors (Lipinski definition) is 1. The number of amides is 1. The van der Waals surface area contributed by atoms with Crippen LogP contribution in [0, 0.1) is 0 Å². The highest BCUT2D eigenvalue weighted by atomic mass is 32.1. The molecule has 0 unspecified atom stereocenters. The summed E-state index contributed by atoms with van der Waals surface area (Å²) in [5.41, 5.74) is 6.91. The first-order chi connectivity index (χ1) is 12.8. The van der Waals surface area contributed by atoms with Gasteiger partial charge < -0.3 is 4.57 Å². The largest absolute Gasteiger partial charge is 0.343 e. The molecule has 2 aromatic heterocycles.